The van der Waals surface area contributed by atoms with E-state index in [2.05, 4.69) is 20.9 Å². The summed E-state index contributed by atoms with van der Waals surface area (Å²) in [5.74, 6) is 0.605. The molecule has 0 saturated carbocycles. The molecule has 2 aliphatic rings. The van der Waals surface area contributed by atoms with E-state index < -0.39 is 0 Å². The number of nitrogens with one attached hydrogen (secondary N) is 3. The molecular formula is C21H32N4O3. The Morgan fingerprint density at radius 1 is 1.11 bits per heavy atom. The number of benzene rings is 1. The van der Waals surface area contributed by atoms with Crippen LogP contribution in [0.4, 0.5) is 5.69 Å². The average molecular weight is 389 g/mol. The zero-order chi connectivity index (χ0) is 19.6. The second kappa shape index (κ2) is 11.1. The summed E-state index contributed by atoms with van der Waals surface area (Å²) in [6.45, 7) is 6.93. The Balaban J connectivity index is 1.36. The number of carbonyl (C=O) groups excluding carboxylic acids is 2. The van der Waals surface area contributed by atoms with E-state index >= 15 is 0 Å². The molecule has 7 heteroatoms. The van der Waals surface area contributed by atoms with Gasteiger partial charge in [-0.05, 0) is 62.5 Å². The fraction of sp³-hybridized carbons (Fsp3) is 0.619. The van der Waals surface area contributed by atoms with E-state index in [0.29, 0.717) is 24.4 Å². The fourth-order valence-electron chi connectivity index (χ4n) is 3.69. The number of piperidine rings is 1. The Labute approximate surface area is 167 Å². The van der Waals surface area contributed by atoms with E-state index in [-0.39, 0.29) is 11.8 Å². The maximum absolute atomic E-state index is 12.3. The van der Waals surface area contributed by atoms with Gasteiger partial charge in [-0.15, -0.1) is 0 Å². The molecule has 0 radical (unpaired) electrons. The van der Waals surface area contributed by atoms with Crippen LogP contribution < -0.4 is 16.0 Å². The molecule has 154 valence electrons. The van der Waals surface area contributed by atoms with Gasteiger partial charge in [-0.1, -0.05) is 0 Å². The number of hydrogen-bond acceptors (Lipinski definition) is 5. The van der Waals surface area contributed by atoms with Crippen molar-refractivity contribution < 1.29 is 14.3 Å². The van der Waals surface area contributed by atoms with Gasteiger partial charge >= 0.3 is 0 Å². The third-order valence-electron chi connectivity index (χ3n) is 5.49. The van der Waals surface area contributed by atoms with E-state index in [1.807, 2.05) is 0 Å². The molecule has 1 aromatic rings. The molecular weight excluding hydrogens is 356 g/mol. The fourth-order valence-corrected chi connectivity index (χ4v) is 3.69. The molecule has 0 unspecified atom stereocenters. The number of carbonyl (C=O) groups is 2. The minimum atomic E-state index is -0.0861. The van der Waals surface area contributed by atoms with Crippen molar-refractivity contribution in [3.8, 4) is 0 Å². The zero-order valence-corrected chi connectivity index (χ0v) is 16.5. The van der Waals surface area contributed by atoms with Gasteiger partial charge in [0.25, 0.3) is 5.91 Å². The summed E-state index contributed by atoms with van der Waals surface area (Å²) in [5.41, 5.74) is 1.34. The van der Waals surface area contributed by atoms with Crippen molar-refractivity contribution in [2.75, 3.05) is 57.8 Å². The zero-order valence-electron chi connectivity index (χ0n) is 16.5. The largest absolute Gasteiger partial charge is 0.379 e. The molecule has 2 fully saturated rings. The average Bonchev–Trinajstić information content (AvgIpc) is 2.74. The van der Waals surface area contributed by atoms with Crippen LogP contribution in [0.2, 0.25) is 0 Å². The maximum Gasteiger partial charge on any atom is 0.251 e. The van der Waals surface area contributed by atoms with Crippen molar-refractivity contribution in [3.05, 3.63) is 29.8 Å². The molecule has 0 aromatic heterocycles. The quantitative estimate of drug-likeness (QED) is 0.628. The monoisotopic (exact) mass is 388 g/mol. The van der Waals surface area contributed by atoms with Crippen molar-refractivity contribution in [3.63, 3.8) is 0 Å². The van der Waals surface area contributed by atoms with Crippen LogP contribution in [0.5, 0.6) is 0 Å². The molecule has 2 amide bonds. The summed E-state index contributed by atoms with van der Waals surface area (Å²) in [7, 11) is 0. The maximum atomic E-state index is 12.3. The number of ether oxygens (including phenoxy) is 1. The highest BCUT2D eigenvalue weighted by atomic mass is 16.5. The van der Waals surface area contributed by atoms with Gasteiger partial charge in [0.05, 0.1) is 13.2 Å². The minimum Gasteiger partial charge on any atom is -0.379 e. The van der Waals surface area contributed by atoms with Crippen LogP contribution in [0.25, 0.3) is 0 Å². The topological polar surface area (TPSA) is 82.7 Å². The summed E-state index contributed by atoms with van der Waals surface area (Å²) in [6, 6.07) is 7.09. The van der Waals surface area contributed by atoms with Gasteiger partial charge < -0.3 is 20.7 Å². The van der Waals surface area contributed by atoms with Crippen LogP contribution >= 0.6 is 0 Å². The Bertz CT molecular complexity index is 623. The molecule has 7 nitrogen and oxygen atoms in total. The Morgan fingerprint density at radius 2 is 1.82 bits per heavy atom. The highest BCUT2D eigenvalue weighted by Crippen LogP contribution is 2.18. The van der Waals surface area contributed by atoms with Gasteiger partial charge in [0.2, 0.25) is 5.91 Å². The van der Waals surface area contributed by atoms with Crippen molar-refractivity contribution in [1.82, 2.24) is 15.5 Å². The van der Waals surface area contributed by atoms with Crippen molar-refractivity contribution in [2.24, 2.45) is 5.92 Å². The lowest BCUT2D eigenvalue weighted by Crippen LogP contribution is -2.41. The molecule has 0 atom stereocenters. The summed E-state index contributed by atoms with van der Waals surface area (Å²) >= 11 is 0. The van der Waals surface area contributed by atoms with E-state index in [1.165, 1.54) is 0 Å². The third kappa shape index (κ3) is 6.89. The number of rotatable bonds is 8. The molecule has 0 aliphatic carbocycles. The Morgan fingerprint density at radius 3 is 2.54 bits per heavy atom. The van der Waals surface area contributed by atoms with Gasteiger partial charge in [-0.25, -0.2) is 0 Å². The summed E-state index contributed by atoms with van der Waals surface area (Å²) < 4.78 is 5.32. The molecule has 2 heterocycles. The van der Waals surface area contributed by atoms with Crippen molar-refractivity contribution >= 4 is 17.5 Å². The lowest BCUT2D eigenvalue weighted by atomic mass is 9.93. The van der Waals surface area contributed by atoms with Crippen LogP contribution in [0.15, 0.2) is 24.3 Å². The summed E-state index contributed by atoms with van der Waals surface area (Å²) in [6.07, 6.45) is 3.80. The molecule has 0 spiro atoms. The standard InChI is InChI=1S/C21H32N4O3/c26-20(6-1-17-7-9-22-10-8-17)24-19-4-2-18(3-5-19)21(27)23-11-12-25-13-15-28-16-14-25/h2-5,17,22H,1,6-16H2,(H,23,27)(H,24,26). The van der Waals surface area contributed by atoms with Crippen LogP contribution in [0.1, 0.15) is 36.0 Å². The van der Waals surface area contributed by atoms with E-state index in [0.717, 1.165) is 70.9 Å². The first-order chi connectivity index (χ1) is 13.7. The highest BCUT2D eigenvalue weighted by Gasteiger charge is 2.15. The van der Waals surface area contributed by atoms with Gasteiger partial charge in [0.15, 0.2) is 0 Å². The Hall–Kier alpha value is -1.96. The third-order valence-corrected chi connectivity index (χ3v) is 5.49. The summed E-state index contributed by atoms with van der Waals surface area (Å²) in [5, 5.41) is 9.22. The number of anilines is 1. The first-order valence-electron chi connectivity index (χ1n) is 10.4. The predicted molar refractivity (Wildman–Crippen MR) is 109 cm³/mol. The van der Waals surface area contributed by atoms with Crippen LogP contribution in [0.3, 0.4) is 0 Å². The van der Waals surface area contributed by atoms with E-state index in [4.69, 9.17) is 4.74 Å². The van der Waals surface area contributed by atoms with E-state index in [9.17, 15) is 9.59 Å². The molecule has 3 rings (SSSR count). The first-order valence-corrected chi connectivity index (χ1v) is 10.4. The lowest BCUT2D eigenvalue weighted by Gasteiger charge is -2.26. The van der Waals surface area contributed by atoms with Crippen LogP contribution in [0, 0.1) is 5.92 Å². The van der Waals surface area contributed by atoms with Gasteiger partial charge in [0, 0.05) is 43.9 Å². The molecule has 3 N–H and O–H groups in total. The smallest absolute Gasteiger partial charge is 0.251 e. The molecule has 2 saturated heterocycles. The SMILES string of the molecule is O=C(CCC1CCNCC1)Nc1ccc(C(=O)NCCN2CCOCC2)cc1. The summed E-state index contributed by atoms with van der Waals surface area (Å²) in [4.78, 5) is 26.7. The van der Waals surface area contributed by atoms with E-state index in [1.54, 1.807) is 24.3 Å². The van der Waals surface area contributed by atoms with Gasteiger partial charge in [-0.3, -0.25) is 14.5 Å². The second-order valence-electron chi connectivity index (χ2n) is 7.57. The van der Waals surface area contributed by atoms with Crippen molar-refractivity contribution in [1.29, 1.82) is 0 Å². The van der Waals surface area contributed by atoms with Crippen LogP contribution in [-0.2, 0) is 9.53 Å². The molecule has 0 bridgehead atoms. The molecule has 2 aliphatic heterocycles. The van der Waals surface area contributed by atoms with Crippen LogP contribution in [-0.4, -0.2) is 69.2 Å². The number of morpholine rings is 1. The van der Waals surface area contributed by atoms with Crippen molar-refractivity contribution in [2.45, 2.75) is 25.7 Å². The minimum absolute atomic E-state index is 0.0428. The number of hydrogen-bond donors (Lipinski definition) is 3. The number of nitrogens with zero attached hydrogens (tertiary/aromatic N) is 1. The van der Waals surface area contributed by atoms with Gasteiger partial charge in [0.1, 0.15) is 0 Å². The predicted octanol–water partition coefficient (Wildman–Crippen LogP) is 1.47. The Kier molecular flexibility index (Phi) is 8.26. The molecule has 1 aromatic carbocycles. The highest BCUT2D eigenvalue weighted by molar-refractivity contribution is 5.95. The lowest BCUT2D eigenvalue weighted by molar-refractivity contribution is -0.116. The second-order valence-corrected chi connectivity index (χ2v) is 7.57. The number of amides is 2. The first kappa shape index (κ1) is 20.8. The van der Waals surface area contributed by atoms with Gasteiger partial charge in [-0.2, -0.15) is 0 Å². The molecule has 28 heavy (non-hydrogen) atoms. The normalized spacial score (nSPS) is 18.6.